The van der Waals surface area contributed by atoms with Gasteiger partial charge in [-0.05, 0) is 93.5 Å². The number of hydrogen-bond acceptors (Lipinski definition) is 6. The first-order valence-corrected chi connectivity index (χ1v) is 15.4. The fourth-order valence-corrected chi connectivity index (χ4v) is 6.11. The van der Waals surface area contributed by atoms with Crippen LogP contribution in [-0.2, 0) is 16.1 Å². The molecule has 2 fully saturated rings. The van der Waals surface area contributed by atoms with Gasteiger partial charge in [-0.2, -0.15) is 0 Å². The van der Waals surface area contributed by atoms with Gasteiger partial charge in [0.15, 0.2) is 0 Å². The second kappa shape index (κ2) is 14.3. The van der Waals surface area contributed by atoms with Crippen LogP contribution in [-0.4, -0.2) is 60.3 Å². The number of benzene rings is 2. The second-order valence-corrected chi connectivity index (χ2v) is 11.6. The molecule has 2 heterocycles. The van der Waals surface area contributed by atoms with Crippen LogP contribution in [0.1, 0.15) is 96.1 Å². The van der Waals surface area contributed by atoms with Gasteiger partial charge in [0.2, 0.25) is 11.8 Å². The molecular formula is C34H40N4O5. The van der Waals surface area contributed by atoms with Crippen LogP contribution in [0.15, 0.2) is 42.5 Å². The number of rotatable bonds is 10. The zero-order valence-corrected chi connectivity index (χ0v) is 24.7. The van der Waals surface area contributed by atoms with Gasteiger partial charge in [-0.3, -0.25) is 24.5 Å². The Morgan fingerprint density at radius 2 is 1.81 bits per heavy atom. The highest BCUT2D eigenvalue weighted by Gasteiger charge is 2.39. The van der Waals surface area contributed by atoms with Crippen LogP contribution in [0.4, 0.5) is 0 Å². The lowest BCUT2D eigenvalue weighted by molar-refractivity contribution is -0.136. The van der Waals surface area contributed by atoms with Crippen molar-refractivity contribution in [2.75, 3.05) is 13.7 Å². The Morgan fingerprint density at radius 3 is 2.60 bits per heavy atom. The summed E-state index contributed by atoms with van der Waals surface area (Å²) in [4.78, 5) is 50.7. The van der Waals surface area contributed by atoms with Crippen molar-refractivity contribution in [2.45, 2.75) is 88.9 Å². The predicted molar refractivity (Wildman–Crippen MR) is 162 cm³/mol. The van der Waals surface area contributed by atoms with Gasteiger partial charge in [-0.15, -0.1) is 0 Å². The Kier molecular flexibility index (Phi) is 10.1. The third-order valence-corrected chi connectivity index (χ3v) is 8.56. The van der Waals surface area contributed by atoms with E-state index < -0.39 is 11.9 Å². The Balaban J connectivity index is 0.955. The number of methoxy groups -OCH3 is 1. The second-order valence-electron chi connectivity index (χ2n) is 11.6. The number of amides is 4. The summed E-state index contributed by atoms with van der Waals surface area (Å²) < 4.78 is 5.22. The molecule has 1 atom stereocenters. The molecule has 1 aliphatic carbocycles. The molecule has 3 N–H and O–H groups in total. The Hall–Kier alpha value is -4.16. The highest BCUT2D eigenvalue weighted by atomic mass is 16.5. The third kappa shape index (κ3) is 7.82. The standard InChI is InChI=1S/C34H40N4O5/c1-43-28-10-7-9-24(21-28)32(40)36-27-14-12-26(13-15-27)35-19-6-4-2-3-5-8-23-11-16-29-25(20-23)22-38(34(29)42)30-17-18-31(39)37-33(30)41/h7,9-11,16,20-21,26-27,30,35H,2-4,6,12-15,17-19,22H2,1H3,(H,36,40)(H,37,39,41). The fourth-order valence-electron chi connectivity index (χ4n) is 6.11. The highest BCUT2D eigenvalue weighted by Crippen LogP contribution is 2.28. The minimum atomic E-state index is -0.602. The predicted octanol–water partition coefficient (Wildman–Crippen LogP) is 3.70. The molecule has 9 nitrogen and oxygen atoms in total. The molecule has 0 bridgehead atoms. The molecule has 1 unspecified atom stereocenters. The van der Waals surface area contributed by atoms with E-state index in [0.717, 1.165) is 69.0 Å². The van der Waals surface area contributed by atoms with Crippen LogP contribution in [0.5, 0.6) is 5.75 Å². The molecule has 2 aromatic carbocycles. The zero-order valence-electron chi connectivity index (χ0n) is 24.7. The van der Waals surface area contributed by atoms with Crippen molar-refractivity contribution >= 4 is 23.6 Å². The maximum Gasteiger partial charge on any atom is 0.255 e. The summed E-state index contributed by atoms with van der Waals surface area (Å²) in [7, 11) is 1.60. The number of nitrogens with one attached hydrogen (secondary N) is 3. The maximum atomic E-state index is 12.8. The van der Waals surface area contributed by atoms with E-state index in [2.05, 4.69) is 27.8 Å². The molecule has 1 saturated heterocycles. The van der Waals surface area contributed by atoms with E-state index in [1.165, 1.54) is 0 Å². The maximum absolute atomic E-state index is 12.8. The van der Waals surface area contributed by atoms with Gasteiger partial charge in [0, 0.05) is 48.2 Å². The van der Waals surface area contributed by atoms with E-state index >= 15 is 0 Å². The summed E-state index contributed by atoms with van der Waals surface area (Å²) in [6, 6.07) is 13.0. The van der Waals surface area contributed by atoms with Gasteiger partial charge < -0.3 is 20.3 Å². The Labute approximate surface area is 253 Å². The average Bonchev–Trinajstić information content (AvgIpc) is 3.34. The van der Waals surface area contributed by atoms with E-state index in [9.17, 15) is 19.2 Å². The van der Waals surface area contributed by atoms with E-state index in [0.29, 0.717) is 35.9 Å². The number of carbonyl (C=O) groups excluding carboxylic acids is 4. The summed E-state index contributed by atoms with van der Waals surface area (Å²) in [6.45, 7) is 1.35. The molecule has 0 spiro atoms. The average molecular weight is 585 g/mol. The van der Waals surface area contributed by atoms with Crippen molar-refractivity contribution < 1.29 is 23.9 Å². The fraction of sp³-hybridized carbons (Fsp3) is 0.471. The number of fused-ring (bicyclic) bond motifs is 1. The minimum Gasteiger partial charge on any atom is -0.497 e. The first-order valence-electron chi connectivity index (χ1n) is 15.4. The van der Waals surface area contributed by atoms with Gasteiger partial charge in [0.1, 0.15) is 11.8 Å². The van der Waals surface area contributed by atoms with Crippen molar-refractivity contribution in [3.05, 3.63) is 64.7 Å². The molecule has 2 aliphatic heterocycles. The number of carbonyl (C=O) groups is 4. The van der Waals surface area contributed by atoms with Crippen molar-refractivity contribution in [1.29, 1.82) is 0 Å². The van der Waals surface area contributed by atoms with Crippen molar-refractivity contribution in [2.24, 2.45) is 0 Å². The normalized spacial score (nSPS) is 21.5. The van der Waals surface area contributed by atoms with E-state index in [-0.39, 0.29) is 30.2 Å². The van der Waals surface area contributed by atoms with Gasteiger partial charge >= 0.3 is 0 Å². The first-order chi connectivity index (χ1) is 20.9. The van der Waals surface area contributed by atoms with E-state index in [4.69, 9.17) is 4.74 Å². The molecular weight excluding hydrogens is 544 g/mol. The molecule has 2 aromatic rings. The molecule has 5 rings (SSSR count). The molecule has 4 amide bonds. The molecule has 43 heavy (non-hydrogen) atoms. The van der Waals surface area contributed by atoms with Crippen LogP contribution >= 0.6 is 0 Å². The number of nitrogens with zero attached hydrogens (tertiary/aromatic N) is 1. The topological polar surface area (TPSA) is 117 Å². The molecule has 1 saturated carbocycles. The monoisotopic (exact) mass is 584 g/mol. The van der Waals surface area contributed by atoms with Gasteiger partial charge in [0.05, 0.1) is 7.11 Å². The minimum absolute atomic E-state index is 0.0406. The number of piperidine rings is 1. The lowest BCUT2D eigenvalue weighted by Gasteiger charge is -2.30. The summed E-state index contributed by atoms with van der Waals surface area (Å²) in [5.41, 5.74) is 2.98. The van der Waals surface area contributed by atoms with Crippen LogP contribution in [0, 0.1) is 11.8 Å². The largest absolute Gasteiger partial charge is 0.497 e. The summed E-state index contributed by atoms with van der Waals surface area (Å²) in [5, 5.41) is 9.19. The zero-order chi connectivity index (χ0) is 30.2. The lowest BCUT2D eigenvalue weighted by atomic mass is 9.91. The Morgan fingerprint density at radius 1 is 1.00 bits per heavy atom. The smallest absolute Gasteiger partial charge is 0.255 e. The van der Waals surface area contributed by atoms with Gasteiger partial charge in [0.25, 0.3) is 11.8 Å². The summed E-state index contributed by atoms with van der Waals surface area (Å²) in [5.74, 6) is 6.28. The van der Waals surface area contributed by atoms with Crippen LogP contribution < -0.4 is 20.7 Å². The van der Waals surface area contributed by atoms with Crippen molar-refractivity contribution in [3.63, 3.8) is 0 Å². The molecule has 0 aromatic heterocycles. The molecule has 9 heteroatoms. The quantitative estimate of drug-likeness (QED) is 0.223. The summed E-state index contributed by atoms with van der Waals surface area (Å²) in [6.07, 6.45) is 8.75. The van der Waals surface area contributed by atoms with E-state index in [1.54, 1.807) is 24.1 Å². The number of hydrogen-bond donors (Lipinski definition) is 3. The van der Waals surface area contributed by atoms with Crippen LogP contribution in [0.2, 0.25) is 0 Å². The molecule has 3 aliphatic rings. The summed E-state index contributed by atoms with van der Waals surface area (Å²) >= 11 is 0. The first kappa shape index (κ1) is 30.3. The van der Waals surface area contributed by atoms with Gasteiger partial charge in [-0.1, -0.05) is 24.3 Å². The Bertz CT molecular complexity index is 1420. The van der Waals surface area contributed by atoms with E-state index in [1.807, 2.05) is 30.3 Å². The molecule has 0 radical (unpaired) electrons. The highest BCUT2D eigenvalue weighted by molar-refractivity contribution is 6.05. The van der Waals surface area contributed by atoms with Crippen LogP contribution in [0.25, 0.3) is 0 Å². The third-order valence-electron chi connectivity index (χ3n) is 8.56. The molecule has 226 valence electrons. The lowest BCUT2D eigenvalue weighted by Crippen LogP contribution is -2.52. The van der Waals surface area contributed by atoms with Gasteiger partial charge in [-0.25, -0.2) is 0 Å². The van der Waals surface area contributed by atoms with Crippen molar-refractivity contribution in [3.8, 4) is 17.6 Å². The van der Waals surface area contributed by atoms with Crippen molar-refractivity contribution in [1.82, 2.24) is 20.9 Å². The number of ether oxygens (including phenoxy) is 1. The number of imide groups is 1. The van der Waals surface area contributed by atoms with Crippen LogP contribution in [0.3, 0.4) is 0 Å². The SMILES string of the molecule is COc1cccc(C(=O)NC2CCC(NCCCCCC#Cc3ccc4c(c3)CN(C3CCC(=O)NC3=O)C4=O)CC2)c1. The number of unbranched alkanes of at least 4 members (excludes halogenated alkanes) is 3.